The van der Waals surface area contributed by atoms with E-state index in [9.17, 15) is 9.18 Å². The molecule has 1 amide bonds. The first-order valence-corrected chi connectivity index (χ1v) is 6.57. The molecule has 1 heterocycles. The second-order valence-corrected chi connectivity index (χ2v) is 5.07. The number of nitrogens with two attached hydrogens (primary N) is 1. The van der Waals surface area contributed by atoms with E-state index in [1.54, 1.807) is 0 Å². The summed E-state index contributed by atoms with van der Waals surface area (Å²) in [6.07, 6.45) is 1.47. The summed E-state index contributed by atoms with van der Waals surface area (Å²) in [6.45, 7) is 0. The lowest BCUT2D eigenvalue weighted by molar-refractivity contribution is 0.102. The molecule has 1 aromatic heterocycles. The van der Waals surface area contributed by atoms with E-state index in [1.165, 1.54) is 30.5 Å². The molecule has 0 aliphatic carbocycles. The quantitative estimate of drug-likeness (QED) is 0.581. The second-order valence-electron chi connectivity index (χ2n) is 3.74. The Morgan fingerprint density at radius 2 is 2.20 bits per heavy atom. The largest absolute Gasteiger partial charge is 0.318 e. The van der Waals surface area contributed by atoms with Crippen LogP contribution in [0.2, 0.25) is 5.02 Å². The number of rotatable bonds is 3. The molecular weight excluding hydrogens is 351 g/mol. The summed E-state index contributed by atoms with van der Waals surface area (Å²) in [5.41, 5.74) is 2.36. The number of nitrogen functional groups attached to an aromatic ring is 1. The van der Waals surface area contributed by atoms with Gasteiger partial charge in [0.25, 0.3) is 5.91 Å². The third-order valence-corrected chi connectivity index (χ3v) is 3.19. The zero-order valence-electron chi connectivity index (χ0n) is 9.95. The van der Waals surface area contributed by atoms with Crippen molar-refractivity contribution in [3.63, 3.8) is 0 Å². The molecule has 104 valence electrons. The molecule has 0 fully saturated rings. The fourth-order valence-electron chi connectivity index (χ4n) is 1.53. The minimum absolute atomic E-state index is 0.0953. The molecule has 0 saturated heterocycles. The van der Waals surface area contributed by atoms with Crippen molar-refractivity contribution in [2.75, 3.05) is 10.7 Å². The van der Waals surface area contributed by atoms with Gasteiger partial charge in [0.2, 0.25) is 0 Å². The summed E-state index contributed by atoms with van der Waals surface area (Å²) in [6, 6.07) is 5.62. The molecule has 0 radical (unpaired) electrons. The highest BCUT2D eigenvalue weighted by molar-refractivity contribution is 9.10. The number of hydrazine groups is 1. The average molecular weight is 360 g/mol. The van der Waals surface area contributed by atoms with E-state index < -0.39 is 11.7 Å². The summed E-state index contributed by atoms with van der Waals surface area (Å²) >= 11 is 9.04. The summed E-state index contributed by atoms with van der Waals surface area (Å²) in [4.78, 5) is 16.1. The third kappa shape index (κ3) is 3.06. The molecule has 0 aliphatic rings. The minimum atomic E-state index is -0.629. The molecule has 0 spiro atoms. The van der Waals surface area contributed by atoms with Crippen molar-refractivity contribution in [1.29, 1.82) is 0 Å². The molecule has 2 rings (SSSR count). The van der Waals surface area contributed by atoms with Gasteiger partial charge in [0, 0.05) is 10.7 Å². The molecule has 0 saturated carbocycles. The Morgan fingerprint density at radius 3 is 2.85 bits per heavy atom. The lowest BCUT2D eigenvalue weighted by Crippen LogP contribution is -2.19. The van der Waals surface area contributed by atoms with Gasteiger partial charge in [-0.1, -0.05) is 17.7 Å². The van der Waals surface area contributed by atoms with Gasteiger partial charge in [0.15, 0.2) is 5.82 Å². The number of carbonyl (C=O) groups excluding carboxylic acids is 1. The maximum atomic E-state index is 13.6. The summed E-state index contributed by atoms with van der Waals surface area (Å²) in [7, 11) is 0. The SMILES string of the molecule is NNc1ncc(Br)cc1C(=O)Nc1c(F)cccc1Cl. The van der Waals surface area contributed by atoms with Gasteiger partial charge in [-0.3, -0.25) is 4.79 Å². The number of hydrogen-bond donors (Lipinski definition) is 3. The van der Waals surface area contributed by atoms with Gasteiger partial charge in [0.1, 0.15) is 5.82 Å². The fourth-order valence-corrected chi connectivity index (χ4v) is 2.07. The summed E-state index contributed by atoms with van der Waals surface area (Å²) in [5, 5.41) is 2.49. The number of anilines is 2. The highest BCUT2D eigenvalue weighted by atomic mass is 79.9. The van der Waals surface area contributed by atoms with Gasteiger partial charge < -0.3 is 10.7 Å². The Labute approximate surface area is 127 Å². The number of aromatic nitrogens is 1. The second kappa shape index (κ2) is 6.17. The number of halogens is 3. The fraction of sp³-hybridized carbons (Fsp3) is 0. The molecular formula is C12H9BrClFN4O. The van der Waals surface area contributed by atoms with Crippen molar-refractivity contribution in [3.8, 4) is 0 Å². The van der Waals surface area contributed by atoms with Crippen LogP contribution in [0.15, 0.2) is 34.9 Å². The van der Waals surface area contributed by atoms with Crippen LogP contribution in [-0.4, -0.2) is 10.9 Å². The van der Waals surface area contributed by atoms with E-state index >= 15 is 0 Å². The van der Waals surface area contributed by atoms with Gasteiger partial charge in [-0.25, -0.2) is 15.2 Å². The Bertz CT molecular complexity index is 648. The van der Waals surface area contributed by atoms with Crippen LogP contribution < -0.4 is 16.6 Å². The third-order valence-electron chi connectivity index (χ3n) is 2.44. The lowest BCUT2D eigenvalue weighted by Gasteiger charge is -2.11. The van der Waals surface area contributed by atoms with Crippen molar-refractivity contribution in [3.05, 3.63) is 51.3 Å². The summed E-state index contributed by atoms with van der Waals surface area (Å²) in [5.74, 6) is 4.24. The van der Waals surface area contributed by atoms with Gasteiger partial charge in [0.05, 0.1) is 16.3 Å². The molecule has 0 aliphatic heterocycles. The van der Waals surface area contributed by atoms with E-state index in [1.807, 2.05) is 0 Å². The Hall–Kier alpha value is -1.70. The van der Waals surface area contributed by atoms with Crippen LogP contribution in [0.25, 0.3) is 0 Å². The Morgan fingerprint density at radius 1 is 1.45 bits per heavy atom. The number of pyridine rings is 1. The number of benzene rings is 1. The maximum absolute atomic E-state index is 13.6. The smallest absolute Gasteiger partial charge is 0.259 e. The standard InChI is InChI=1S/C12H9BrClFN4O/c13-6-4-7(11(19-16)17-5-6)12(20)18-10-8(14)2-1-3-9(10)15/h1-5H,16H2,(H,17,19)(H,18,20). The molecule has 8 heteroatoms. The van der Waals surface area contributed by atoms with Crippen LogP contribution in [-0.2, 0) is 0 Å². The number of nitrogens with one attached hydrogen (secondary N) is 2. The van der Waals surface area contributed by atoms with E-state index in [0.717, 1.165) is 0 Å². The Kier molecular flexibility index (Phi) is 4.53. The minimum Gasteiger partial charge on any atom is -0.318 e. The zero-order chi connectivity index (χ0) is 14.7. The van der Waals surface area contributed by atoms with Crippen LogP contribution in [0.1, 0.15) is 10.4 Å². The molecule has 0 atom stereocenters. The van der Waals surface area contributed by atoms with Crippen LogP contribution >= 0.6 is 27.5 Å². The van der Waals surface area contributed by atoms with Crippen LogP contribution in [0.4, 0.5) is 15.9 Å². The van der Waals surface area contributed by atoms with Crippen molar-refractivity contribution in [2.24, 2.45) is 5.84 Å². The number of hydrogen-bond acceptors (Lipinski definition) is 4. The number of nitrogens with zero attached hydrogens (tertiary/aromatic N) is 1. The summed E-state index contributed by atoms with van der Waals surface area (Å²) < 4.78 is 14.2. The highest BCUT2D eigenvalue weighted by Crippen LogP contribution is 2.26. The van der Waals surface area contributed by atoms with E-state index in [0.29, 0.717) is 4.47 Å². The van der Waals surface area contributed by atoms with E-state index in [-0.39, 0.29) is 22.1 Å². The first-order valence-electron chi connectivity index (χ1n) is 5.40. The predicted molar refractivity (Wildman–Crippen MR) is 79.1 cm³/mol. The van der Waals surface area contributed by atoms with Gasteiger partial charge >= 0.3 is 0 Å². The first kappa shape index (κ1) is 14.7. The molecule has 1 aromatic carbocycles. The lowest BCUT2D eigenvalue weighted by atomic mass is 10.2. The van der Waals surface area contributed by atoms with Crippen molar-refractivity contribution in [2.45, 2.75) is 0 Å². The van der Waals surface area contributed by atoms with Gasteiger partial charge in [-0.15, -0.1) is 0 Å². The molecule has 0 bridgehead atoms. The monoisotopic (exact) mass is 358 g/mol. The molecule has 2 aromatic rings. The molecule has 5 nitrogen and oxygen atoms in total. The number of amides is 1. The van der Waals surface area contributed by atoms with Crippen LogP contribution in [0, 0.1) is 5.82 Å². The molecule has 4 N–H and O–H groups in total. The highest BCUT2D eigenvalue weighted by Gasteiger charge is 2.16. The number of carbonyl (C=O) groups is 1. The van der Waals surface area contributed by atoms with Crippen LogP contribution in [0.5, 0.6) is 0 Å². The number of para-hydroxylation sites is 1. The first-order chi connectivity index (χ1) is 9.52. The zero-order valence-corrected chi connectivity index (χ0v) is 12.3. The maximum Gasteiger partial charge on any atom is 0.259 e. The van der Waals surface area contributed by atoms with Crippen molar-refractivity contribution in [1.82, 2.24) is 4.98 Å². The topological polar surface area (TPSA) is 80.0 Å². The van der Waals surface area contributed by atoms with Gasteiger partial charge in [-0.05, 0) is 34.1 Å². The van der Waals surface area contributed by atoms with E-state index in [4.69, 9.17) is 17.4 Å². The van der Waals surface area contributed by atoms with Crippen molar-refractivity contribution >= 4 is 44.9 Å². The average Bonchev–Trinajstić information content (AvgIpc) is 2.43. The van der Waals surface area contributed by atoms with Gasteiger partial charge in [-0.2, -0.15) is 0 Å². The van der Waals surface area contributed by atoms with Crippen molar-refractivity contribution < 1.29 is 9.18 Å². The van der Waals surface area contributed by atoms with E-state index in [2.05, 4.69) is 31.7 Å². The Balaban J connectivity index is 2.35. The predicted octanol–water partition coefficient (Wildman–Crippen LogP) is 3.17. The normalized spacial score (nSPS) is 10.2. The molecule has 0 unspecified atom stereocenters. The molecule has 20 heavy (non-hydrogen) atoms. The van der Waals surface area contributed by atoms with Crippen LogP contribution in [0.3, 0.4) is 0 Å².